The van der Waals surface area contributed by atoms with Gasteiger partial charge in [0.25, 0.3) is 5.91 Å². The summed E-state index contributed by atoms with van der Waals surface area (Å²) in [5, 5.41) is 33.1. The summed E-state index contributed by atoms with van der Waals surface area (Å²) in [4.78, 5) is 42.9. The molecule has 220 valence electrons. The summed E-state index contributed by atoms with van der Waals surface area (Å²) >= 11 is 0. The number of nitrogens with zero attached hydrogens (tertiary/aromatic N) is 2. The van der Waals surface area contributed by atoms with Gasteiger partial charge in [-0.3, -0.25) is 19.3 Å². The van der Waals surface area contributed by atoms with E-state index in [9.17, 15) is 29.7 Å². The van der Waals surface area contributed by atoms with Crippen molar-refractivity contribution < 1.29 is 34.4 Å². The number of aliphatic hydroxyl groups excluding tert-OH is 2. The molecule has 4 aliphatic rings. The molecule has 1 saturated heterocycles. The molecule has 2 fully saturated rings. The van der Waals surface area contributed by atoms with Crippen molar-refractivity contribution in [2.45, 2.75) is 25.8 Å². The van der Waals surface area contributed by atoms with Gasteiger partial charge in [-0.15, -0.1) is 0 Å². The molecule has 1 amide bonds. The van der Waals surface area contributed by atoms with Gasteiger partial charge in [-0.1, -0.05) is 12.1 Å². The largest absolute Gasteiger partial charge is 0.511 e. The molecule has 5 N–H and O–H groups in total. The number of hydrogen-bond acceptors (Lipinski definition) is 9. The van der Waals surface area contributed by atoms with Gasteiger partial charge in [0.2, 0.25) is 0 Å². The third kappa shape index (κ3) is 4.55. The van der Waals surface area contributed by atoms with E-state index >= 15 is 0 Å². The quantitative estimate of drug-likeness (QED) is 0.396. The van der Waals surface area contributed by atoms with E-state index in [1.807, 2.05) is 18.2 Å². The molecular formula is C32H35N3O7. The summed E-state index contributed by atoms with van der Waals surface area (Å²) in [6, 6.07) is 9.28. The molecule has 6 rings (SSSR count). The molecule has 10 heteroatoms. The van der Waals surface area contributed by atoms with E-state index in [1.165, 1.54) is 6.07 Å². The molecule has 10 nitrogen and oxygen atoms in total. The minimum atomic E-state index is -1.14. The van der Waals surface area contributed by atoms with Crippen molar-refractivity contribution in [2.75, 3.05) is 40.3 Å². The summed E-state index contributed by atoms with van der Waals surface area (Å²) in [6.07, 6.45) is 0.620. The number of primary amides is 1. The predicted octanol–water partition coefficient (Wildman–Crippen LogP) is 2.73. The van der Waals surface area contributed by atoms with Gasteiger partial charge in [0, 0.05) is 50.3 Å². The lowest BCUT2D eigenvalue weighted by atomic mass is 9.61. The number of ether oxygens (including phenoxy) is 1. The lowest BCUT2D eigenvalue weighted by molar-refractivity contribution is -0.127. The first-order valence-corrected chi connectivity index (χ1v) is 14.3. The van der Waals surface area contributed by atoms with Crippen LogP contribution in [-0.4, -0.2) is 82.9 Å². The minimum Gasteiger partial charge on any atom is -0.511 e. The molecular weight excluding hydrogens is 538 g/mol. The van der Waals surface area contributed by atoms with Gasteiger partial charge >= 0.3 is 0 Å². The summed E-state index contributed by atoms with van der Waals surface area (Å²) in [6.45, 7) is 4.61. The zero-order valence-corrected chi connectivity index (χ0v) is 23.7. The molecule has 1 aliphatic heterocycles. The van der Waals surface area contributed by atoms with Crippen LogP contribution in [0.25, 0.3) is 16.9 Å². The zero-order valence-electron chi connectivity index (χ0n) is 23.7. The summed E-state index contributed by atoms with van der Waals surface area (Å²) in [5.41, 5.74) is 8.52. The number of allylic oxidation sites excluding steroid dienone is 2. The molecule has 1 saturated carbocycles. The maximum absolute atomic E-state index is 13.7. The summed E-state index contributed by atoms with van der Waals surface area (Å²) < 4.78 is 5.68. The van der Waals surface area contributed by atoms with Crippen molar-refractivity contribution in [3.63, 3.8) is 0 Å². The fourth-order valence-electron chi connectivity index (χ4n) is 7.23. The number of phenolic OH excluding ortho intramolecular Hbond substituents is 1. The van der Waals surface area contributed by atoms with Gasteiger partial charge in [0.05, 0.1) is 18.6 Å². The number of Topliss-reactive ketones (excluding diaryl/α,β-unsaturated/α-hetero) is 2. The molecule has 42 heavy (non-hydrogen) atoms. The average molecular weight is 574 g/mol. The van der Waals surface area contributed by atoms with Crippen molar-refractivity contribution in [3.05, 3.63) is 63.9 Å². The number of likely N-dealkylation sites (N-methyl/N-ethyl adjacent to an activating group) is 1. The molecule has 3 atom stereocenters. The van der Waals surface area contributed by atoms with Crippen molar-refractivity contribution in [1.29, 1.82) is 0 Å². The third-order valence-electron chi connectivity index (χ3n) is 9.35. The molecule has 0 spiro atoms. The number of ketones is 2. The average Bonchev–Trinajstić information content (AvgIpc) is 2.93. The smallest absolute Gasteiger partial charge is 0.255 e. The molecule has 2 aromatic rings. The van der Waals surface area contributed by atoms with Crippen LogP contribution >= 0.6 is 0 Å². The predicted molar refractivity (Wildman–Crippen MR) is 155 cm³/mol. The molecule has 3 aliphatic carbocycles. The Hall–Kier alpha value is -4.15. The highest BCUT2D eigenvalue weighted by Gasteiger charge is 2.51. The van der Waals surface area contributed by atoms with E-state index in [0.717, 1.165) is 55.2 Å². The highest BCUT2D eigenvalue weighted by atomic mass is 16.5. The van der Waals surface area contributed by atoms with Crippen molar-refractivity contribution in [2.24, 2.45) is 23.5 Å². The van der Waals surface area contributed by atoms with Crippen LogP contribution in [0.4, 0.5) is 0 Å². The normalized spacial score (nSPS) is 24.8. The number of methoxy groups -OCH3 is 1. The summed E-state index contributed by atoms with van der Waals surface area (Å²) in [7, 11) is 3.77. The molecule has 2 aromatic carbocycles. The van der Waals surface area contributed by atoms with Crippen LogP contribution in [0.5, 0.6) is 11.5 Å². The number of phenols is 1. The topological polar surface area (TPSA) is 154 Å². The number of nitrogens with two attached hydrogens (primary N) is 1. The Morgan fingerprint density at radius 1 is 1.05 bits per heavy atom. The van der Waals surface area contributed by atoms with Gasteiger partial charge in [-0.05, 0) is 66.6 Å². The second-order valence-corrected chi connectivity index (χ2v) is 11.8. The Labute approximate surface area is 243 Å². The van der Waals surface area contributed by atoms with Crippen LogP contribution in [0, 0.1) is 17.8 Å². The van der Waals surface area contributed by atoms with E-state index in [1.54, 1.807) is 7.11 Å². The van der Waals surface area contributed by atoms with E-state index in [-0.39, 0.29) is 29.1 Å². The lowest BCUT2D eigenvalue weighted by Crippen LogP contribution is -2.44. The third-order valence-corrected chi connectivity index (χ3v) is 9.35. The van der Waals surface area contributed by atoms with E-state index in [0.29, 0.717) is 18.4 Å². The van der Waals surface area contributed by atoms with Crippen LogP contribution in [0.15, 0.2) is 47.2 Å². The number of aliphatic hydroxyl groups is 2. The number of carbonyl (C=O) groups excluding carboxylic acids is 3. The number of aromatic hydroxyl groups is 1. The van der Waals surface area contributed by atoms with Gasteiger partial charge in [0.15, 0.2) is 11.6 Å². The van der Waals surface area contributed by atoms with Gasteiger partial charge in [-0.25, -0.2) is 0 Å². The Balaban J connectivity index is 1.41. The van der Waals surface area contributed by atoms with Crippen LogP contribution in [0.3, 0.4) is 0 Å². The molecule has 0 radical (unpaired) electrons. The first kappa shape index (κ1) is 28.0. The van der Waals surface area contributed by atoms with Crippen molar-refractivity contribution in [3.8, 4) is 22.6 Å². The number of benzene rings is 2. The second kappa shape index (κ2) is 10.6. The van der Waals surface area contributed by atoms with Crippen LogP contribution in [0.1, 0.15) is 29.5 Å². The van der Waals surface area contributed by atoms with E-state index < -0.39 is 46.6 Å². The van der Waals surface area contributed by atoms with Crippen LogP contribution in [-0.2, 0) is 27.3 Å². The van der Waals surface area contributed by atoms with Gasteiger partial charge < -0.3 is 30.7 Å². The van der Waals surface area contributed by atoms with Crippen molar-refractivity contribution >= 4 is 23.2 Å². The molecule has 0 bridgehead atoms. The Bertz CT molecular complexity index is 1570. The monoisotopic (exact) mass is 573 g/mol. The van der Waals surface area contributed by atoms with Crippen LogP contribution in [0.2, 0.25) is 0 Å². The Kier molecular flexibility index (Phi) is 7.06. The van der Waals surface area contributed by atoms with Gasteiger partial charge in [-0.2, -0.15) is 0 Å². The number of hydrogen-bond donors (Lipinski definition) is 4. The van der Waals surface area contributed by atoms with Gasteiger partial charge in [0.1, 0.15) is 28.6 Å². The number of carbonyl (C=O) groups is 3. The van der Waals surface area contributed by atoms with E-state index in [2.05, 4.69) is 22.9 Å². The molecule has 1 heterocycles. The minimum absolute atomic E-state index is 0.0861. The summed E-state index contributed by atoms with van der Waals surface area (Å²) in [5.74, 6) is -4.62. The number of fused-ring (bicyclic) bond motifs is 3. The fourth-order valence-corrected chi connectivity index (χ4v) is 7.23. The Morgan fingerprint density at radius 3 is 2.48 bits per heavy atom. The van der Waals surface area contributed by atoms with Crippen LogP contribution < -0.4 is 10.5 Å². The molecule has 3 unspecified atom stereocenters. The fraction of sp³-hybridized carbons (Fsp3) is 0.406. The Morgan fingerprint density at radius 2 is 1.79 bits per heavy atom. The number of amides is 1. The zero-order chi connectivity index (χ0) is 29.9. The van der Waals surface area contributed by atoms with E-state index in [4.69, 9.17) is 10.5 Å². The lowest BCUT2D eigenvalue weighted by Gasteiger charge is -2.41. The first-order valence-electron chi connectivity index (χ1n) is 14.3. The van der Waals surface area contributed by atoms with Crippen molar-refractivity contribution in [1.82, 2.24) is 9.80 Å². The molecule has 0 aromatic heterocycles. The highest BCUT2D eigenvalue weighted by molar-refractivity contribution is 6.21. The highest BCUT2D eigenvalue weighted by Crippen LogP contribution is 2.51. The maximum Gasteiger partial charge on any atom is 0.255 e. The first-order chi connectivity index (χ1) is 20.1. The maximum atomic E-state index is 13.7. The second-order valence-electron chi connectivity index (χ2n) is 11.8. The number of piperazine rings is 1. The SMILES string of the molecule is COc1ccc(-c2ccc(O)c3c2CC2CC4CC(=O)C(C(N)=O)=C(O)C4C(=O)C2=C3O)cc1CN1CCN(C)CC1. The standard InChI is InChI=1S/C32H35N3O7/c1-34-7-9-35(10-8-34)15-19-11-16(3-6-24(19)42-2)20-4-5-22(36)27-21(20)13-17-12-18-14-23(37)28(32(33)41)31(40)26(18)29(38)25(17)30(27)39/h3-6,11,17-18,26,36,39-40H,7-10,12-15H2,1-2H3,(H2,33,41). The number of rotatable bonds is 5.